The summed E-state index contributed by atoms with van der Waals surface area (Å²) in [5.74, 6) is 1.01. The Morgan fingerprint density at radius 3 is 2.48 bits per heavy atom. The topological polar surface area (TPSA) is 75.7 Å². The van der Waals surface area contributed by atoms with Crippen molar-refractivity contribution >= 4 is 32.6 Å². The Morgan fingerprint density at radius 2 is 1.89 bits per heavy atom. The van der Waals surface area contributed by atoms with Gasteiger partial charge in [0.25, 0.3) is 0 Å². The van der Waals surface area contributed by atoms with Gasteiger partial charge in [-0.2, -0.15) is 5.26 Å². The number of halogens is 1. The highest BCUT2D eigenvalue weighted by atomic mass is 79.9. The molecule has 0 aliphatic carbocycles. The monoisotopic (exact) mass is 428 g/mol. The summed E-state index contributed by atoms with van der Waals surface area (Å²) >= 11 is 3.46. The molecular weight excluding hydrogens is 412 g/mol. The molecule has 3 rings (SSSR count). The fourth-order valence-electron chi connectivity index (χ4n) is 2.93. The van der Waals surface area contributed by atoms with Gasteiger partial charge in [0.2, 0.25) is 0 Å². The summed E-state index contributed by atoms with van der Waals surface area (Å²) in [6, 6.07) is 11.0. The summed E-state index contributed by atoms with van der Waals surface area (Å²) in [5, 5.41) is 10.2. The van der Waals surface area contributed by atoms with Gasteiger partial charge in [-0.3, -0.25) is 0 Å². The van der Waals surface area contributed by atoms with Crippen LogP contribution in [0.25, 0.3) is 22.1 Å². The van der Waals surface area contributed by atoms with E-state index >= 15 is 0 Å². The maximum absolute atomic E-state index is 12.4. The second-order valence-corrected chi connectivity index (χ2v) is 6.87. The number of fused-ring (bicyclic) bond motifs is 1. The molecule has 0 atom stereocenters. The Morgan fingerprint density at radius 1 is 1.15 bits per heavy atom. The van der Waals surface area contributed by atoms with Crippen LogP contribution in [-0.4, -0.2) is 28.3 Å². The molecule has 0 saturated heterocycles. The predicted octanol–water partition coefficient (Wildman–Crippen LogP) is 4.18. The van der Waals surface area contributed by atoms with E-state index in [9.17, 15) is 10.1 Å². The van der Waals surface area contributed by atoms with E-state index in [0.29, 0.717) is 38.1 Å². The third-order valence-corrected chi connectivity index (χ3v) is 4.83. The second-order valence-electron chi connectivity index (χ2n) is 6.02. The number of benzene rings is 2. The molecule has 0 spiro atoms. The highest BCUT2D eigenvalue weighted by Gasteiger charge is 2.20. The van der Waals surface area contributed by atoms with Crippen molar-refractivity contribution in [3.8, 4) is 28.7 Å². The zero-order valence-corrected chi connectivity index (χ0v) is 16.9. The highest BCUT2D eigenvalue weighted by molar-refractivity contribution is 9.10. The summed E-state index contributed by atoms with van der Waals surface area (Å²) in [4.78, 5) is 14.3. The molecule has 0 bridgehead atoms. The smallest absolute Gasteiger partial charge is 0.354 e. The average molecular weight is 429 g/mol. The standard InChI is InChI=1S/C20H17BrN2O4/c1-23(2)12-5-6-13-16(9-12)27-20(24)14(10-22)18(13)11-7-15(21)19(26-4)17(8-11)25-3/h5-9H,1-4H3. The van der Waals surface area contributed by atoms with E-state index in [1.807, 2.05) is 37.2 Å². The first-order valence-electron chi connectivity index (χ1n) is 8.01. The van der Waals surface area contributed by atoms with E-state index in [4.69, 9.17) is 13.9 Å². The summed E-state index contributed by atoms with van der Waals surface area (Å²) in [5.41, 5.74) is 1.70. The lowest BCUT2D eigenvalue weighted by Gasteiger charge is -2.16. The highest BCUT2D eigenvalue weighted by Crippen LogP contribution is 2.41. The van der Waals surface area contributed by atoms with Gasteiger partial charge in [-0.25, -0.2) is 4.79 Å². The Bertz CT molecular complexity index is 1130. The third-order valence-electron chi connectivity index (χ3n) is 4.24. The van der Waals surface area contributed by atoms with Crippen molar-refractivity contribution in [3.63, 3.8) is 0 Å². The largest absolute Gasteiger partial charge is 0.493 e. The maximum atomic E-state index is 12.4. The van der Waals surface area contributed by atoms with Gasteiger partial charge in [-0.15, -0.1) is 0 Å². The first-order chi connectivity index (χ1) is 12.9. The SMILES string of the molecule is COc1cc(-c2c(C#N)c(=O)oc3cc(N(C)C)ccc23)cc(Br)c1OC. The first kappa shape index (κ1) is 18.8. The number of nitrogens with zero attached hydrogens (tertiary/aromatic N) is 2. The lowest BCUT2D eigenvalue weighted by molar-refractivity contribution is 0.353. The average Bonchev–Trinajstić information content (AvgIpc) is 2.65. The molecule has 0 unspecified atom stereocenters. The van der Waals surface area contributed by atoms with Crippen molar-refractivity contribution in [2.75, 3.05) is 33.2 Å². The second kappa shape index (κ2) is 7.33. The van der Waals surface area contributed by atoms with Crippen molar-refractivity contribution in [2.45, 2.75) is 0 Å². The minimum atomic E-state index is -0.679. The lowest BCUT2D eigenvalue weighted by atomic mass is 9.97. The van der Waals surface area contributed by atoms with Gasteiger partial charge < -0.3 is 18.8 Å². The molecule has 0 amide bonds. The van der Waals surface area contributed by atoms with Crippen molar-refractivity contribution in [1.29, 1.82) is 5.26 Å². The Balaban J connectivity index is 2.41. The first-order valence-corrected chi connectivity index (χ1v) is 8.80. The number of ether oxygens (including phenoxy) is 2. The van der Waals surface area contributed by atoms with Gasteiger partial charge in [-0.1, -0.05) is 0 Å². The van der Waals surface area contributed by atoms with Gasteiger partial charge in [0.15, 0.2) is 11.5 Å². The van der Waals surface area contributed by atoms with Crippen LogP contribution in [0.4, 0.5) is 5.69 Å². The number of nitriles is 1. The molecule has 0 aliphatic rings. The Hall–Kier alpha value is -2.98. The van der Waals surface area contributed by atoms with Gasteiger partial charge in [0, 0.05) is 36.8 Å². The lowest BCUT2D eigenvalue weighted by Crippen LogP contribution is -2.10. The molecule has 2 aromatic carbocycles. The van der Waals surface area contributed by atoms with E-state index in [-0.39, 0.29) is 5.56 Å². The molecule has 27 heavy (non-hydrogen) atoms. The summed E-state index contributed by atoms with van der Waals surface area (Å²) in [7, 11) is 6.86. The minimum absolute atomic E-state index is 0.0563. The van der Waals surface area contributed by atoms with Crippen LogP contribution < -0.4 is 20.0 Å². The predicted molar refractivity (Wildman–Crippen MR) is 108 cm³/mol. The fraction of sp³-hybridized carbons (Fsp3) is 0.200. The number of anilines is 1. The molecule has 1 aromatic heterocycles. The van der Waals surface area contributed by atoms with Crippen molar-refractivity contribution in [1.82, 2.24) is 0 Å². The van der Waals surface area contributed by atoms with E-state index in [2.05, 4.69) is 15.9 Å². The Kier molecular flexibility index (Phi) is 5.10. The van der Waals surface area contributed by atoms with Crippen molar-refractivity contribution < 1.29 is 13.9 Å². The zero-order valence-electron chi connectivity index (χ0n) is 15.3. The minimum Gasteiger partial charge on any atom is -0.493 e. The number of hydrogen-bond donors (Lipinski definition) is 0. The molecule has 6 nitrogen and oxygen atoms in total. The molecule has 0 aliphatic heterocycles. The van der Waals surface area contributed by atoms with E-state index < -0.39 is 5.63 Å². The van der Waals surface area contributed by atoms with E-state index in [1.54, 1.807) is 18.2 Å². The fourth-order valence-corrected chi connectivity index (χ4v) is 3.54. The van der Waals surface area contributed by atoms with Gasteiger partial charge in [-0.05, 0) is 45.8 Å². The third kappa shape index (κ3) is 3.24. The molecule has 7 heteroatoms. The van der Waals surface area contributed by atoms with Crippen LogP contribution in [0.15, 0.2) is 44.0 Å². The van der Waals surface area contributed by atoms with Crippen LogP contribution in [0.3, 0.4) is 0 Å². The molecule has 0 N–H and O–H groups in total. The molecule has 0 fully saturated rings. The van der Waals surface area contributed by atoms with E-state index in [0.717, 1.165) is 5.69 Å². The van der Waals surface area contributed by atoms with Crippen LogP contribution in [-0.2, 0) is 0 Å². The molecule has 0 radical (unpaired) electrons. The molecule has 3 aromatic rings. The summed E-state index contributed by atoms with van der Waals surface area (Å²) in [6.07, 6.45) is 0. The molecule has 138 valence electrons. The number of methoxy groups -OCH3 is 2. The number of hydrogen-bond acceptors (Lipinski definition) is 6. The number of rotatable bonds is 4. The molecule has 0 saturated carbocycles. The van der Waals surface area contributed by atoms with Gasteiger partial charge in [0.1, 0.15) is 17.2 Å². The van der Waals surface area contributed by atoms with Crippen molar-refractivity contribution in [3.05, 3.63) is 50.8 Å². The maximum Gasteiger partial charge on any atom is 0.354 e. The zero-order chi connectivity index (χ0) is 19.7. The van der Waals surface area contributed by atoms with Crippen LogP contribution in [0.5, 0.6) is 11.5 Å². The van der Waals surface area contributed by atoms with Crippen LogP contribution >= 0.6 is 15.9 Å². The normalized spacial score (nSPS) is 10.5. The van der Waals surface area contributed by atoms with Crippen LogP contribution in [0.2, 0.25) is 0 Å². The summed E-state index contributed by atoms with van der Waals surface area (Å²) in [6.45, 7) is 0. The van der Waals surface area contributed by atoms with E-state index in [1.165, 1.54) is 14.2 Å². The van der Waals surface area contributed by atoms with Gasteiger partial charge in [0.05, 0.1) is 18.7 Å². The Labute approximate surface area is 164 Å². The summed E-state index contributed by atoms with van der Waals surface area (Å²) < 4.78 is 16.8. The van der Waals surface area contributed by atoms with Crippen LogP contribution in [0.1, 0.15) is 5.56 Å². The van der Waals surface area contributed by atoms with Crippen molar-refractivity contribution in [2.24, 2.45) is 0 Å². The molecular formula is C20H17BrN2O4. The van der Waals surface area contributed by atoms with Crippen LogP contribution in [0, 0.1) is 11.3 Å². The van der Waals surface area contributed by atoms with Gasteiger partial charge >= 0.3 is 5.63 Å². The quantitative estimate of drug-likeness (QED) is 0.580. The molecule has 1 heterocycles.